The van der Waals surface area contributed by atoms with Crippen LogP contribution in [0.5, 0.6) is 0 Å². The van der Waals surface area contributed by atoms with Gasteiger partial charge in [0, 0.05) is 17.0 Å². The Hall–Kier alpha value is -4.19. The second kappa shape index (κ2) is 9.96. The zero-order valence-corrected chi connectivity index (χ0v) is 18.4. The van der Waals surface area contributed by atoms with Crippen molar-refractivity contribution in [3.8, 4) is 0 Å². The van der Waals surface area contributed by atoms with Gasteiger partial charge in [-0.05, 0) is 37.1 Å². The molecule has 0 aliphatic rings. The number of methoxy groups -OCH3 is 1. The molecule has 1 N–H and O–H groups in total. The first kappa shape index (κ1) is 22.0. The summed E-state index contributed by atoms with van der Waals surface area (Å²) >= 11 is 0. The van der Waals surface area contributed by atoms with Gasteiger partial charge in [0.15, 0.2) is 0 Å². The van der Waals surface area contributed by atoms with Gasteiger partial charge in [-0.3, -0.25) is 5.43 Å². The van der Waals surface area contributed by atoms with Gasteiger partial charge in [-0.25, -0.2) is 9.59 Å². The Morgan fingerprint density at radius 1 is 0.970 bits per heavy atom. The average Bonchev–Trinajstić information content (AvgIpc) is 2.86. The van der Waals surface area contributed by atoms with Crippen molar-refractivity contribution in [1.29, 1.82) is 0 Å². The smallest absolute Gasteiger partial charge is 0.340 e. The lowest BCUT2D eigenvalue weighted by molar-refractivity contribution is 0.0600. The Morgan fingerprint density at radius 3 is 2.30 bits per heavy atom. The maximum atomic E-state index is 13.2. The van der Waals surface area contributed by atoms with Crippen molar-refractivity contribution in [2.24, 2.45) is 5.10 Å². The van der Waals surface area contributed by atoms with Crippen molar-refractivity contribution in [2.45, 2.75) is 19.3 Å². The summed E-state index contributed by atoms with van der Waals surface area (Å²) in [6.45, 7) is 1.88. The molecule has 166 valence electrons. The molecule has 6 nitrogen and oxygen atoms in total. The first-order valence-corrected chi connectivity index (χ1v) is 10.6. The van der Waals surface area contributed by atoms with E-state index in [0.717, 1.165) is 17.0 Å². The van der Waals surface area contributed by atoms with Gasteiger partial charge in [-0.1, -0.05) is 66.7 Å². The van der Waals surface area contributed by atoms with Crippen LogP contribution >= 0.6 is 0 Å². The second-order valence-corrected chi connectivity index (χ2v) is 7.66. The molecule has 3 aromatic carbocycles. The molecule has 0 bridgehead atoms. The molecule has 0 saturated heterocycles. The molecule has 0 fully saturated rings. The fourth-order valence-electron chi connectivity index (χ4n) is 3.89. The molecule has 0 aliphatic heterocycles. The normalized spacial score (nSPS) is 12.4. The van der Waals surface area contributed by atoms with Gasteiger partial charge in [0.1, 0.15) is 5.58 Å². The van der Waals surface area contributed by atoms with E-state index < -0.39 is 17.5 Å². The predicted molar refractivity (Wildman–Crippen MR) is 130 cm³/mol. The van der Waals surface area contributed by atoms with Gasteiger partial charge < -0.3 is 9.15 Å². The van der Waals surface area contributed by atoms with Crippen LogP contribution in [0, 0.1) is 0 Å². The largest absolute Gasteiger partial charge is 0.465 e. The number of nitrogens with one attached hydrogen (secondary N) is 1. The molecule has 0 amide bonds. The van der Waals surface area contributed by atoms with Crippen molar-refractivity contribution in [3.63, 3.8) is 0 Å². The van der Waals surface area contributed by atoms with E-state index in [9.17, 15) is 9.59 Å². The van der Waals surface area contributed by atoms with Gasteiger partial charge in [0.25, 0.3) is 0 Å². The molecule has 0 radical (unpaired) electrons. The number of carbonyl (C=O) groups excluding carboxylic acids is 1. The lowest BCUT2D eigenvalue weighted by Gasteiger charge is -2.20. The molecular weight excluding hydrogens is 416 g/mol. The summed E-state index contributed by atoms with van der Waals surface area (Å²) in [5, 5.41) is 5.03. The highest BCUT2D eigenvalue weighted by molar-refractivity contribution is 6.04. The summed E-state index contributed by atoms with van der Waals surface area (Å²) in [6, 6.07) is 26.1. The summed E-state index contributed by atoms with van der Waals surface area (Å²) < 4.78 is 10.7. The maximum Gasteiger partial charge on any atom is 0.340 e. The van der Waals surface area contributed by atoms with Gasteiger partial charge in [0.05, 0.1) is 23.9 Å². The lowest BCUT2D eigenvalue weighted by atomic mass is 9.84. The van der Waals surface area contributed by atoms with Gasteiger partial charge >= 0.3 is 11.6 Å². The summed E-state index contributed by atoms with van der Waals surface area (Å²) in [6.07, 6.45) is 0.400. The quantitative estimate of drug-likeness (QED) is 0.175. The number of anilines is 1. The molecule has 4 aromatic rings. The van der Waals surface area contributed by atoms with Crippen molar-refractivity contribution < 1.29 is 13.9 Å². The Morgan fingerprint density at radius 2 is 1.61 bits per heavy atom. The third-order valence-corrected chi connectivity index (χ3v) is 5.44. The van der Waals surface area contributed by atoms with E-state index in [-0.39, 0.29) is 11.1 Å². The first-order valence-electron chi connectivity index (χ1n) is 10.6. The van der Waals surface area contributed by atoms with Crippen LogP contribution in [-0.2, 0) is 4.74 Å². The molecular formula is C27H24N2O4. The number of hydrazone groups is 1. The number of benzene rings is 3. The summed E-state index contributed by atoms with van der Waals surface area (Å²) in [5.41, 5.74) is 5.80. The minimum atomic E-state index is -0.577. The van der Waals surface area contributed by atoms with E-state index in [1.807, 2.05) is 67.6 Å². The van der Waals surface area contributed by atoms with Crippen molar-refractivity contribution in [3.05, 3.63) is 112 Å². The van der Waals surface area contributed by atoms with E-state index in [0.29, 0.717) is 17.4 Å². The minimum Gasteiger partial charge on any atom is -0.465 e. The number of ether oxygens (including phenoxy) is 1. The van der Waals surface area contributed by atoms with E-state index in [2.05, 4.69) is 10.5 Å². The summed E-state index contributed by atoms with van der Waals surface area (Å²) in [4.78, 5) is 26.1. The van der Waals surface area contributed by atoms with E-state index in [1.54, 1.807) is 24.3 Å². The van der Waals surface area contributed by atoms with Crippen molar-refractivity contribution in [2.75, 3.05) is 12.5 Å². The number of hydrogen-bond acceptors (Lipinski definition) is 6. The van der Waals surface area contributed by atoms with Gasteiger partial charge in [-0.15, -0.1) is 0 Å². The molecule has 4 rings (SSSR count). The standard InChI is InChI=1S/C27H24N2O4/c1-18(28-29-20-13-7-4-8-14-20)17-22(19-11-5-3-6-12-19)25-24(26(30)32-2)21-15-9-10-16-23(21)33-27(25)31/h3-16,22,29H,17H2,1-2H3/b28-18+. The molecule has 1 aromatic heterocycles. The van der Waals surface area contributed by atoms with Gasteiger partial charge in [-0.2, -0.15) is 5.10 Å². The molecule has 1 heterocycles. The number of para-hydroxylation sites is 2. The van der Waals surface area contributed by atoms with Crippen LogP contribution in [0.2, 0.25) is 0 Å². The van der Waals surface area contributed by atoms with E-state index in [1.165, 1.54) is 7.11 Å². The summed E-state index contributed by atoms with van der Waals surface area (Å²) in [5.74, 6) is -1.03. The minimum absolute atomic E-state index is 0.224. The number of carbonyl (C=O) groups is 1. The second-order valence-electron chi connectivity index (χ2n) is 7.66. The van der Waals surface area contributed by atoms with E-state index in [4.69, 9.17) is 9.15 Å². The van der Waals surface area contributed by atoms with Crippen LogP contribution in [0.15, 0.2) is 99.2 Å². The molecule has 0 saturated carbocycles. The number of esters is 1. The zero-order chi connectivity index (χ0) is 23.2. The monoisotopic (exact) mass is 440 g/mol. The number of fused-ring (bicyclic) bond motifs is 1. The van der Waals surface area contributed by atoms with Crippen LogP contribution in [0.25, 0.3) is 11.0 Å². The topological polar surface area (TPSA) is 80.9 Å². The molecule has 6 heteroatoms. The number of nitrogens with zero attached hydrogens (tertiary/aromatic N) is 1. The summed E-state index contributed by atoms with van der Waals surface area (Å²) in [7, 11) is 1.31. The third kappa shape index (κ3) is 4.85. The van der Waals surface area contributed by atoms with Crippen molar-refractivity contribution >= 4 is 28.3 Å². The fraction of sp³-hybridized carbons (Fsp3) is 0.148. The van der Waals surface area contributed by atoms with Crippen LogP contribution in [-0.4, -0.2) is 18.8 Å². The van der Waals surface area contributed by atoms with Crippen LogP contribution in [0.1, 0.15) is 40.7 Å². The molecule has 33 heavy (non-hydrogen) atoms. The molecule has 1 unspecified atom stereocenters. The maximum absolute atomic E-state index is 13.2. The SMILES string of the molecule is COC(=O)c1c(C(C/C(C)=N/Nc2ccccc2)c2ccccc2)c(=O)oc2ccccc12. The number of rotatable bonds is 7. The highest BCUT2D eigenvalue weighted by atomic mass is 16.5. The Labute approximate surface area is 191 Å². The highest BCUT2D eigenvalue weighted by Crippen LogP contribution is 2.32. The fourth-order valence-corrected chi connectivity index (χ4v) is 3.89. The van der Waals surface area contributed by atoms with Crippen LogP contribution in [0.3, 0.4) is 0 Å². The Bertz CT molecular complexity index is 1350. The Balaban J connectivity index is 1.84. The molecule has 1 atom stereocenters. The zero-order valence-electron chi connectivity index (χ0n) is 18.4. The highest BCUT2D eigenvalue weighted by Gasteiger charge is 2.29. The first-order chi connectivity index (χ1) is 16.1. The van der Waals surface area contributed by atoms with Crippen molar-refractivity contribution in [1.82, 2.24) is 0 Å². The molecule has 0 spiro atoms. The Kier molecular flexibility index (Phi) is 6.64. The van der Waals surface area contributed by atoms with Gasteiger partial charge in [0.2, 0.25) is 0 Å². The average molecular weight is 440 g/mol. The van der Waals surface area contributed by atoms with Crippen LogP contribution < -0.4 is 11.1 Å². The lowest BCUT2D eigenvalue weighted by Crippen LogP contribution is -2.22. The van der Waals surface area contributed by atoms with Crippen LogP contribution in [0.4, 0.5) is 5.69 Å². The third-order valence-electron chi connectivity index (χ3n) is 5.44. The van der Waals surface area contributed by atoms with E-state index >= 15 is 0 Å². The molecule has 0 aliphatic carbocycles. The number of hydrogen-bond donors (Lipinski definition) is 1. The predicted octanol–water partition coefficient (Wildman–Crippen LogP) is 5.59.